The first-order valence-electron chi connectivity index (χ1n) is 9.02. The van der Waals surface area contributed by atoms with Gasteiger partial charge >= 0.3 is 0 Å². The Morgan fingerprint density at radius 2 is 1.85 bits per heavy atom. The minimum absolute atomic E-state index is 0.105. The normalized spacial score (nSPS) is 25.0. The van der Waals surface area contributed by atoms with Crippen LogP contribution in [0.25, 0.3) is 0 Å². The number of halogens is 1. The Kier molecular flexibility index (Phi) is 5.36. The molecule has 1 N–H and O–H groups in total. The van der Waals surface area contributed by atoms with E-state index in [0.717, 1.165) is 6.42 Å². The predicted octanol–water partition coefficient (Wildman–Crippen LogP) is 2.30. The second kappa shape index (κ2) is 7.11. The van der Waals surface area contributed by atoms with Crippen LogP contribution in [0.2, 0.25) is 5.02 Å². The molecule has 0 bridgehead atoms. The molecule has 1 spiro atoms. The summed E-state index contributed by atoms with van der Waals surface area (Å²) >= 11 is 5.86. The molecule has 0 saturated carbocycles. The van der Waals surface area contributed by atoms with Crippen molar-refractivity contribution < 1.29 is 13.2 Å². The van der Waals surface area contributed by atoms with Gasteiger partial charge in [0.15, 0.2) is 0 Å². The van der Waals surface area contributed by atoms with Gasteiger partial charge in [-0.2, -0.15) is 4.31 Å². The smallest absolute Gasteiger partial charge is 0.243 e. The summed E-state index contributed by atoms with van der Waals surface area (Å²) < 4.78 is 27.2. The number of hydrogen-bond donors (Lipinski definition) is 1. The van der Waals surface area contributed by atoms with Crippen molar-refractivity contribution in [2.24, 2.45) is 5.92 Å². The Morgan fingerprint density at radius 3 is 2.38 bits per heavy atom. The van der Waals surface area contributed by atoms with Crippen LogP contribution in [0.15, 0.2) is 29.2 Å². The zero-order chi connectivity index (χ0) is 19.1. The lowest BCUT2D eigenvalue weighted by Crippen LogP contribution is -2.58. The molecule has 2 saturated heterocycles. The number of carbonyl (C=O) groups is 1. The zero-order valence-corrected chi connectivity index (χ0v) is 17.0. The van der Waals surface area contributed by atoms with E-state index in [1.165, 1.54) is 16.4 Å². The molecule has 144 valence electrons. The number of nitrogens with one attached hydrogen (secondary N) is 1. The first kappa shape index (κ1) is 19.6. The SMILES string of the molecule is CC[C@@H](C)[C@H]1NC2(CCN(S(=O)(=O)c3ccc(Cl)cc3)CC2)N(C)C1=O. The lowest BCUT2D eigenvalue weighted by molar-refractivity contribution is -0.132. The van der Waals surface area contributed by atoms with E-state index in [0.29, 0.717) is 31.0 Å². The van der Waals surface area contributed by atoms with Crippen molar-refractivity contribution in [1.82, 2.24) is 14.5 Å². The molecule has 2 atom stereocenters. The van der Waals surface area contributed by atoms with E-state index >= 15 is 0 Å². The highest BCUT2D eigenvalue weighted by atomic mass is 35.5. The minimum Gasteiger partial charge on any atom is -0.326 e. The summed E-state index contributed by atoms with van der Waals surface area (Å²) in [7, 11) is -1.73. The van der Waals surface area contributed by atoms with Gasteiger partial charge in [0.2, 0.25) is 15.9 Å². The average Bonchev–Trinajstić information content (AvgIpc) is 2.87. The van der Waals surface area contributed by atoms with Gasteiger partial charge in [0.1, 0.15) is 0 Å². The molecule has 1 aromatic rings. The second-order valence-electron chi connectivity index (χ2n) is 7.29. The summed E-state index contributed by atoms with van der Waals surface area (Å²) in [6, 6.07) is 6.04. The lowest BCUT2D eigenvalue weighted by atomic mass is 9.96. The van der Waals surface area contributed by atoms with Gasteiger partial charge in [-0.05, 0) is 43.0 Å². The van der Waals surface area contributed by atoms with E-state index < -0.39 is 15.7 Å². The first-order chi connectivity index (χ1) is 12.2. The topological polar surface area (TPSA) is 69.7 Å². The molecule has 2 aliphatic heterocycles. The molecule has 3 rings (SSSR count). The average molecular weight is 400 g/mol. The van der Waals surface area contributed by atoms with Crippen LogP contribution >= 0.6 is 11.6 Å². The Morgan fingerprint density at radius 1 is 1.27 bits per heavy atom. The fourth-order valence-electron chi connectivity index (χ4n) is 3.82. The fraction of sp³-hybridized carbons (Fsp3) is 0.611. The maximum atomic E-state index is 12.8. The van der Waals surface area contributed by atoms with E-state index in [-0.39, 0.29) is 22.8 Å². The van der Waals surface area contributed by atoms with Crippen LogP contribution in [0.1, 0.15) is 33.1 Å². The van der Waals surface area contributed by atoms with Crippen LogP contribution in [-0.4, -0.2) is 55.4 Å². The highest BCUT2D eigenvalue weighted by Gasteiger charge is 2.51. The van der Waals surface area contributed by atoms with Crippen LogP contribution < -0.4 is 5.32 Å². The molecule has 26 heavy (non-hydrogen) atoms. The summed E-state index contributed by atoms with van der Waals surface area (Å²) in [4.78, 5) is 14.7. The molecule has 2 heterocycles. The highest BCUT2D eigenvalue weighted by molar-refractivity contribution is 7.89. The van der Waals surface area contributed by atoms with Crippen molar-refractivity contribution in [3.8, 4) is 0 Å². The molecule has 6 nitrogen and oxygen atoms in total. The molecule has 1 amide bonds. The van der Waals surface area contributed by atoms with E-state index in [2.05, 4.69) is 19.2 Å². The van der Waals surface area contributed by atoms with Crippen LogP contribution in [-0.2, 0) is 14.8 Å². The maximum absolute atomic E-state index is 12.8. The Bertz CT molecular complexity index is 773. The Labute approximate surface area is 160 Å². The number of benzene rings is 1. The van der Waals surface area contributed by atoms with Crippen molar-refractivity contribution in [1.29, 1.82) is 0 Å². The Hall–Kier alpha value is -1.15. The molecule has 8 heteroatoms. The molecular weight excluding hydrogens is 374 g/mol. The number of likely N-dealkylation sites (N-methyl/N-ethyl adjacent to an activating group) is 1. The molecule has 2 fully saturated rings. The van der Waals surface area contributed by atoms with Gasteiger partial charge in [-0.3, -0.25) is 10.1 Å². The van der Waals surface area contributed by atoms with E-state index in [9.17, 15) is 13.2 Å². The number of hydrogen-bond acceptors (Lipinski definition) is 4. The van der Waals surface area contributed by atoms with Gasteiger partial charge in [-0.15, -0.1) is 0 Å². The summed E-state index contributed by atoms with van der Waals surface area (Å²) in [5, 5.41) is 4.02. The van der Waals surface area contributed by atoms with E-state index in [1.807, 2.05) is 7.05 Å². The van der Waals surface area contributed by atoms with Gasteiger partial charge in [0.25, 0.3) is 0 Å². The van der Waals surface area contributed by atoms with Crippen molar-refractivity contribution >= 4 is 27.5 Å². The second-order valence-corrected chi connectivity index (χ2v) is 9.67. The Balaban J connectivity index is 1.75. The molecular formula is C18H26ClN3O3S. The number of amides is 1. The maximum Gasteiger partial charge on any atom is 0.243 e. The number of rotatable bonds is 4. The monoisotopic (exact) mass is 399 g/mol. The van der Waals surface area contributed by atoms with Crippen molar-refractivity contribution in [2.45, 2.75) is 49.7 Å². The van der Waals surface area contributed by atoms with Crippen LogP contribution in [0.3, 0.4) is 0 Å². The predicted molar refractivity (Wildman–Crippen MR) is 101 cm³/mol. The summed E-state index contributed by atoms with van der Waals surface area (Å²) in [6.45, 7) is 4.90. The third kappa shape index (κ3) is 3.26. The van der Waals surface area contributed by atoms with Gasteiger partial charge in [0.05, 0.1) is 16.6 Å². The van der Waals surface area contributed by atoms with Gasteiger partial charge in [-0.1, -0.05) is 31.9 Å². The lowest BCUT2D eigenvalue weighted by Gasteiger charge is -2.42. The van der Waals surface area contributed by atoms with E-state index in [1.54, 1.807) is 17.0 Å². The van der Waals surface area contributed by atoms with Crippen molar-refractivity contribution in [3.05, 3.63) is 29.3 Å². The largest absolute Gasteiger partial charge is 0.326 e. The summed E-state index contributed by atoms with van der Waals surface area (Å²) in [5.74, 6) is 0.355. The highest BCUT2D eigenvalue weighted by Crippen LogP contribution is 2.35. The van der Waals surface area contributed by atoms with Crippen molar-refractivity contribution in [2.75, 3.05) is 20.1 Å². The van der Waals surface area contributed by atoms with Crippen LogP contribution in [0.4, 0.5) is 0 Å². The van der Waals surface area contributed by atoms with Crippen LogP contribution in [0, 0.1) is 5.92 Å². The number of sulfonamides is 1. The molecule has 0 aromatic heterocycles. The van der Waals surface area contributed by atoms with Gasteiger partial charge < -0.3 is 4.90 Å². The summed E-state index contributed by atoms with van der Waals surface area (Å²) in [5.41, 5.74) is -0.447. The van der Waals surface area contributed by atoms with Gasteiger partial charge in [-0.25, -0.2) is 8.42 Å². The van der Waals surface area contributed by atoms with Crippen LogP contribution in [0.5, 0.6) is 0 Å². The third-order valence-electron chi connectivity index (χ3n) is 5.88. The standard InChI is InChI=1S/C18H26ClN3O3S/c1-4-13(2)16-17(23)21(3)18(20-16)9-11-22(12-10-18)26(24,25)15-7-5-14(19)6-8-15/h5-8,13,16,20H,4,9-12H2,1-3H3/t13-,16-/m1/s1. The quantitative estimate of drug-likeness (QED) is 0.843. The minimum atomic E-state index is -3.55. The molecule has 0 aliphatic carbocycles. The number of nitrogens with zero attached hydrogens (tertiary/aromatic N) is 2. The summed E-state index contributed by atoms with van der Waals surface area (Å²) in [6.07, 6.45) is 2.08. The molecule has 2 aliphatic rings. The molecule has 1 aromatic carbocycles. The fourth-order valence-corrected chi connectivity index (χ4v) is 5.39. The number of carbonyl (C=O) groups excluding carboxylic acids is 1. The zero-order valence-electron chi connectivity index (χ0n) is 15.4. The van der Waals surface area contributed by atoms with Crippen molar-refractivity contribution in [3.63, 3.8) is 0 Å². The third-order valence-corrected chi connectivity index (χ3v) is 8.04. The number of piperidine rings is 1. The first-order valence-corrected chi connectivity index (χ1v) is 10.8. The van der Waals surface area contributed by atoms with Gasteiger partial charge in [0, 0.05) is 25.2 Å². The molecule has 0 unspecified atom stereocenters. The van der Waals surface area contributed by atoms with E-state index in [4.69, 9.17) is 11.6 Å². The molecule has 0 radical (unpaired) electrons.